The summed E-state index contributed by atoms with van der Waals surface area (Å²) in [4.78, 5) is 0. The lowest BCUT2D eigenvalue weighted by Crippen LogP contribution is -2.36. The molecule has 128 valence electrons. The fourth-order valence-corrected chi connectivity index (χ4v) is 2.15. The molecule has 0 aliphatic heterocycles. The van der Waals surface area contributed by atoms with Crippen molar-refractivity contribution in [2.24, 2.45) is 11.5 Å². The van der Waals surface area contributed by atoms with Gasteiger partial charge in [0.2, 0.25) is 0 Å². The zero-order valence-electron chi connectivity index (χ0n) is 13.0. The molecule has 0 amide bonds. The van der Waals surface area contributed by atoms with Crippen LogP contribution < -0.4 is 32.7 Å². The van der Waals surface area contributed by atoms with E-state index in [-0.39, 0.29) is 0 Å². The van der Waals surface area contributed by atoms with Crippen LogP contribution in [0.15, 0.2) is 0 Å². The van der Waals surface area contributed by atoms with Crippen molar-refractivity contribution in [2.45, 2.75) is 38.5 Å². The summed E-state index contributed by atoms with van der Waals surface area (Å²) in [7, 11) is 0. The second kappa shape index (κ2) is 15.0. The van der Waals surface area contributed by atoms with Crippen LogP contribution in [-0.2, 0) is 0 Å². The minimum Gasteiger partial charge on any atom is -0.376 e. The molecule has 0 spiro atoms. The van der Waals surface area contributed by atoms with E-state index in [1.54, 1.807) is 0 Å². The topological polar surface area (TPSA) is 100 Å². The Labute approximate surface area is 149 Å². The summed E-state index contributed by atoms with van der Waals surface area (Å²) in [5.74, 6) is 0. The Morgan fingerprint density at radius 2 is 0.864 bits per heavy atom. The second-order valence-electron chi connectivity index (χ2n) is 4.89. The van der Waals surface area contributed by atoms with Crippen LogP contribution in [0.25, 0.3) is 0 Å². The average molecular weight is 365 g/mol. The largest absolute Gasteiger partial charge is 0.376 e. The van der Waals surface area contributed by atoms with E-state index in [1.165, 1.54) is 0 Å². The lowest BCUT2D eigenvalue weighted by Gasteiger charge is -2.10. The first-order chi connectivity index (χ1) is 10.5. The molecule has 0 saturated carbocycles. The summed E-state index contributed by atoms with van der Waals surface area (Å²) in [6.07, 6.45) is 6.48. The van der Waals surface area contributed by atoms with Gasteiger partial charge in [-0.2, -0.15) is 0 Å². The normalized spacial score (nSPS) is 9.82. The second-order valence-corrected chi connectivity index (χ2v) is 6.17. The van der Waals surface area contributed by atoms with E-state index in [9.17, 15) is 0 Å². The third-order valence-corrected chi connectivity index (χ3v) is 3.45. The van der Waals surface area contributed by atoms with Crippen LogP contribution in [0.2, 0.25) is 0 Å². The van der Waals surface area contributed by atoms with E-state index < -0.39 is 0 Å². The van der Waals surface area contributed by atoms with E-state index in [2.05, 4.69) is 21.3 Å². The summed E-state index contributed by atoms with van der Waals surface area (Å²) >= 11 is 14.7. The number of rotatable bonds is 12. The van der Waals surface area contributed by atoms with Gasteiger partial charge in [0.05, 0.1) is 0 Å². The molecule has 0 unspecified atom stereocenters. The SMILES string of the molecule is NC(=S)NCCCCCNC(=S)NCCCCCNC(N)=S. The first kappa shape index (κ1) is 21.1. The fraction of sp³-hybridized carbons (Fsp3) is 0.769. The van der Waals surface area contributed by atoms with Crippen LogP contribution in [0.1, 0.15) is 38.5 Å². The molecule has 0 aliphatic rings. The highest BCUT2D eigenvalue weighted by atomic mass is 32.1. The maximum absolute atomic E-state index is 5.34. The number of nitrogens with two attached hydrogens (primary N) is 2. The Balaban J connectivity index is 3.23. The zero-order chi connectivity index (χ0) is 16.6. The van der Waals surface area contributed by atoms with Crippen LogP contribution in [0.4, 0.5) is 0 Å². The van der Waals surface area contributed by atoms with Gasteiger partial charge in [-0.05, 0) is 75.2 Å². The van der Waals surface area contributed by atoms with E-state index in [0.29, 0.717) is 10.2 Å². The maximum atomic E-state index is 5.34. The van der Waals surface area contributed by atoms with Crippen LogP contribution in [0, 0.1) is 0 Å². The zero-order valence-corrected chi connectivity index (χ0v) is 15.4. The molecular formula is C13H28N6S3. The van der Waals surface area contributed by atoms with Crippen molar-refractivity contribution >= 4 is 52.0 Å². The third-order valence-electron chi connectivity index (χ3n) is 2.88. The van der Waals surface area contributed by atoms with Crippen molar-refractivity contribution in [1.29, 1.82) is 0 Å². The molecule has 0 saturated heterocycles. The Morgan fingerprint density at radius 1 is 0.545 bits per heavy atom. The number of unbranched alkanes of at least 4 members (excludes halogenated alkanes) is 4. The summed E-state index contributed by atoms with van der Waals surface area (Å²) in [5, 5.41) is 13.7. The highest BCUT2D eigenvalue weighted by Gasteiger charge is 1.96. The summed E-state index contributed by atoms with van der Waals surface area (Å²) < 4.78 is 0. The van der Waals surface area contributed by atoms with Gasteiger partial charge in [-0.15, -0.1) is 0 Å². The van der Waals surface area contributed by atoms with E-state index in [0.717, 1.165) is 69.8 Å². The minimum atomic E-state index is 0.366. The van der Waals surface area contributed by atoms with Crippen LogP contribution in [-0.4, -0.2) is 41.5 Å². The molecule has 0 aliphatic carbocycles. The highest BCUT2D eigenvalue weighted by Crippen LogP contribution is 1.93. The molecule has 0 aromatic carbocycles. The molecule has 0 aromatic rings. The third kappa shape index (κ3) is 17.1. The molecule has 0 aromatic heterocycles. The Hall–Kier alpha value is -0.930. The fourth-order valence-electron chi connectivity index (χ4n) is 1.74. The highest BCUT2D eigenvalue weighted by molar-refractivity contribution is 7.80. The molecule has 0 fully saturated rings. The van der Waals surface area contributed by atoms with Gasteiger partial charge in [0.15, 0.2) is 15.3 Å². The smallest absolute Gasteiger partial charge is 0.166 e. The van der Waals surface area contributed by atoms with Gasteiger partial charge < -0.3 is 32.7 Å². The van der Waals surface area contributed by atoms with Crippen molar-refractivity contribution in [2.75, 3.05) is 26.2 Å². The standard InChI is InChI=1S/C13H28N6S3/c14-11(20)16-7-3-1-5-9-18-13(22)19-10-6-2-4-8-17-12(15)21/h1-10H2,(H3,14,16,20)(H3,15,17,21)(H2,18,19,22). The van der Waals surface area contributed by atoms with E-state index in [4.69, 9.17) is 48.1 Å². The Morgan fingerprint density at radius 3 is 1.18 bits per heavy atom. The summed E-state index contributed by atoms with van der Waals surface area (Å²) in [6, 6.07) is 0. The van der Waals surface area contributed by atoms with Gasteiger partial charge in [-0.3, -0.25) is 0 Å². The molecular weight excluding hydrogens is 336 g/mol. The molecule has 22 heavy (non-hydrogen) atoms. The number of thiocarbonyl (C=S) groups is 3. The van der Waals surface area contributed by atoms with Gasteiger partial charge in [0.1, 0.15) is 0 Å². The Kier molecular flexibility index (Phi) is 14.4. The molecule has 8 N–H and O–H groups in total. The number of hydrogen-bond acceptors (Lipinski definition) is 3. The predicted octanol–water partition coefficient (Wildman–Crippen LogP) is 0.458. The lowest BCUT2D eigenvalue weighted by molar-refractivity contribution is 0.635. The van der Waals surface area contributed by atoms with Crippen molar-refractivity contribution in [3.63, 3.8) is 0 Å². The van der Waals surface area contributed by atoms with Gasteiger partial charge >= 0.3 is 0 Å². The quantitative estimate of drug-likeness (QED) is 0.218. The minimum absolute atomic E-state index is 0.366. The molecule has 0 bridgehead atoms. The van der Waals surface area contributed by atoms with Crippen LogP contribution >= 0.6 is 36.7 Å². The lowest BCUT2D eigenvalue weighted by atomic mass is 10.2. The molecule has 9 heteroatoms. The first-order valence-electron chi connectivity index (χ1n) is 7.60. The molecule has 0 atom stereocenters. The van der Waals surface area contributed by atoms with Gasteiger partial charge in [0, 0.05) is 26.2 Å². The van der Waals surface area contributed by atoms with Gasteiger partial charge in [-0.1, -0.05) is 0 Å². The van der Waals surface area contributed by atoms with Crippen molar-refractivity contribution in [1.82, 2.24) is 21.3 Å². The molecule has 0 radical (unpaired) electrons. The monoisotopic (exact) mass is 364 g/mol. The van der Waals surface area contributed by atoms with Crippen molar-refractivity contribution in [3.8, 4) is 0 Å². The van der Waals surface area contributed by atoms with E-state index in [1.807, 2.05) is 0 Å². The van der Waals surface area contributed by atoms with Gasteiger partial charge in [0.25, 0.3) is 0 Å². The predicted molar refractivity (Wildman–Crippen MR) is 106 cm³/mol. The van der Waals surface area contributed by atoms with Crippen LogP contribution in [0.3, 0.4) is 0 Å². The molecule has 0 heterocycles. The van der Waals surface area contributed by atoms with Crippen molar-refractivity contribution in [3.05, 3.63) is 0 Å². The first-order valence-corrected chi connectivity index (χ1v) is 8.83. The Bertz CT molecular complexity index is 308. The average Bonchev–Trinajstić information content (AvgIpc) is 2.44. The summed E-state index contributed by atoms with van der Waals surface area (Å²) in [6.45, 7) is 3.44. The van der Waals surface area contributed by atoms with Crippen LogP contribution in [0.5, 0.6) is 0 Å². The maximum Gasteiger partial charge on any atom is 0.166 e. The summed E-state index contributed by atoms with van der Waals surface area (Å²) in [5.41, 5.74) is 10.7. The van der Waals surface area contributed by atoms with E-state index >= 15 is 0 Å². The van der Waals surface area contributed by atoms with Gasteiger partial charge in [-0.25, -0.2) is 0 Å². The molecule has 6 nitrogen and oxygen atoms in total. The van der Waals surface area contributed by atoms with Crippen molar-refractivity contribution < 1.29 is 0 Å². The number of hydrogen-bond donors (Lipinski definition) is 6. The molecule has 0 rings (SSSR count). The number of nitrogens with one attached hydrogen (secondary N) is 4.